The van der Waals surface area contributed by atoms with Crippen molar-refractivity contribution in [2.24, 2.45) is 5.92 Å². The lowest BCUT2D eigenvalue weighted by atomic mass is 10.1. The summed E-state index contributed by atoms with van der Waals surface area (Å²) in [6, 6.07) is 13.1. The number of halogens is 2. The van der Waals surface area contributed by atoms with Gasteiger partial charge in [-0.05, 0) is 66.5 Å². The number of carbonyl (C=O) groups excluding carboxylic acids is 2. The molecule has 0 spiro atoms. The number of thioether (sulfide) groups is 1. The van der Waals surface area contributed by atoms with Gasteiger partial charge in [-0.2, -0.15) is 0 Å². The molecule has 4 nitrogen and oxygen atoms in total. The molecule has 0 aromatic heterocycles. The Morgan fingerprint density at radius 2 is 1.75 bits per heavy atom. The summed E-state index contributed by atoms with van der Waals surface area (Å²) < 4.78 is 13.3. The Labute approximate surface area is 199 Å². The monoisotopic (exact) mass is 478 g/mol. The Kier molecular flexibility index (Phi) is 11.0. The van der Waals surface area contributed by atoms with Crippen LogP contribution in [0.25, 0.3) is 0 Å². The zero-order chi connectivity index (χ0) is 23.5. The SMILES string of the molecule is CC[C@H](C(=O)NCC(C)C)N(Cc1ccc(F)cc1)C(=O)CCCSc1ccc(Cl)cc1. The Morgan fingerprint density at radius 3 is 2.34 bits per heavy atom. The van der Waals surface area contributed by atoms with E-state index in [1.54, 1.807) is 28.8 Å². The lowest BCUT2D eigenvalue weighted by Gasteiger charge is -2.31. The minimum Gasteiger partial charge on any atom is -0.354 e. The Hall–Kier alpha value is -2.05. The molecule has 174 valence electrons. The predicted octanol–water partition coefficient (Wildman–Crippen LogP) is 5.93. The molecule has 1 atom stereocenters. The second-order valence-electron chi connectivity index (χ2n) is 8.12. The lowest BCUT2D eigenvalue weighted by molar-refractivity contribution is -0.141. The maximum Gasteiger partial charge on any atom is 0.242 e. The van der Waals surface area contributed by atoms with E-state index in [4.69, 9.17) is 11.6 Å². The van der Waals surface area contributed by atoms with Gasteiger partial charge in [-0.3, -0.25) is 9.59 Å². The van der Waals surface area contributed by atoms with Gasteiger partial charge in [0.1, 0.15) is 11.9 Å². The number of rotatable bonds is 12. The number of carbonyl (C=O) groups is 2. The molecule has 0 aliphatic carbocycles. The number of amides is 2. The summed E-state index contributed by atoms with van der Waals surface area (Å²) in [7, 11) is 0. The molecule has 32 heavy (non-hydrogen) atoms. The molecule has 0 bridgehead atoms. The van der Waals surface area contributed by atoms with Crippen LogP contribution >= 0.6 is 23.4 Å². The third-order valence-corrected chi connectivity index (χ3v) is 6.30. The van der Waals surface area contributed by atoms with Gasteiger partial charge in [-0.1, -0.05) is 44.5 Å². The standard InChI is InChI=1S/C25H32ClFN2O2S/c1-4-23(25(31)28-16-18(2)3)29(17-19-7-11-21(27)12-8-19)24(30)6-5-15-32-22-13-9-20(26)10-14-22/h7-14,18,23H,4-6,15-17H2,1-3H3,(H,28,31)/t23-/m1/s1. The molecule has 0 aliphatic heterocycles. The minimum atomic E-state index is -0.560. The minimum absolute atomic E-state index is 0.0717. The molecule has 2 aromatic rings. The zero-order valence-corrected chi connectivity index (χ0v) is 20.5. The van der Waals surface area contributed by atoms with Crippen LogP contribution in [0.2, 0.25) is 5.02 Å². The molecule has 2 rings (SSSR count). The van der Waals surface area contributed by atoms with Crippen molar-refractivity contribution in [3.05, 3.63) is 64.9 Å². The van der Waals surface area contributed by atoms with Crippen molar-refractivity contribution < 1.29 is 14.0 Å². The predicted molar refractivity (Wildman–Crippen MR) is 130 cm³/mol. The highest BCUT2D eigenvalue weighted by Gasteiger charge is 2.28. The summed E-state index contributed by atoms with van der Waals surface area (Å²) in [6.45, 7) is 6.80. The molecule has 2 aromatic carbocycles. The summed E-state index contributed by atoms with van der Waals surface area (Å²) in [5, 5.41) is 3.65. The van der Waals surface area contributed by atoms with Crippen LogP contribution in [0.4, 0.5) is 4.39 Å². The van der Waals surface area contributed by atoms with Gasteiger partial charge in [0.2, 0.25) is 11.8 Å². The van der Waals surface area contributed by atoms with Gasteiger partial charge in [0.15, 0.2) is 0 Å². The van der Waals surface area contributed by atoms with Crippen LogP contribution < -0.4 is 5.32 Å². The van der Waals surface area contributed by atoms with E-state index in [2.05, 4.69) is 5.32 Å². The number of nitrogens with one attached hydrogen (secondary N) is 1. The molecule has 0 fully saturated rings. The maximum atomic E-state index is 13.3. The first-order valence-electron chi connectivity index (χ1n) is 11.0. The Balaban J connectivity index is 2.03. The molecule has 1 N–H and O–H groups in total. The smallest absolute Gasteiger partial charge is 0.242 e. The van der Waals surface area contributed by atoms with E-state index in [1.807, 2.05) is 45.0 Å². The number of nitrogens with zero attached hydrogens (tertiary/aromatic N) is 1. The first-order chi connectivity index (χ1) is 15.3. The summed E-state index contributed by atoms with van der Waals surface area (Å²) in [5.41, 5.74) is 0.797. The first-order valence-corrected chi connectivity index (χ1v) is 12.4. The fourth-order valence-electron chi connectivity index (χ4n) is 3.22. The van der Waals surface area contributed by atoms with Crippen molar-refractivity contribution >= 4 is 35.2 Å². The van der Waals surface area contributed by atoms with E-state index >= 15 is 0 Å². The van der Waals surface area contributed by atoms with Gasteiger partial charge in [0.25, 0.3) is 0 Å². The summed E-state index contributed by atoms with van der Waals surface area (Å²) >= 11 is 7.59. The molecule has 0 heterocycles. The highest BCUT2D eigenvalue weighted by atomic mass is 35.5. The van der Waals surface area contributed by atoms with Crippen LogP contribution in [0.15, 0.2) is 53.4 Å². The molecule has 2 amide bonds. The third-order valence-electron chi connectivity index (χ3n) is 4.95. The number of benzene rings is 2. The zero-order valence-electron chi connectivity index (χ0n) is 18.9. The van der Waals surface area contributed by atoms with Crippen molar-refractivity contribution in [2.75, 3.05) is 12.3 Å². The van der Waals surface area contributed by atoms with Crippen LogP contribution in [0.3, 0.4) is 0 Å². The Morgan fingerprint density at radius 1 is 1.09 bits per heavy atom. The molecule has 7 heteroatoms. The van der Waals surface area contributed by atoms with Crippen LogP contribution in [-0.4, -0.2) is 35.1 Å². The molecule has 0 saturated heterocycles. The lowest BCUT2D eigenvalue weighted by Crippen LogP contribution is -2.49. The molecule has 0 radical (unpaired) electrons. The van der Waals surface area contributed by atoms with Crippen molar-refractivity contribution in [1.29, 1.82) is 0 Å². The first kappa shape index (κ1) is 26.2. The van der Waals surface area contributed by atoms with Crippen LogP contribution in [-0.2, 0) is 16.1 Å². The fraction of sp³-hybridized carbons (Fsp3) is 0.440. The van der Waals surface area contributed by atoms with Crippen LogP contribution in [0.1, 0.15) is 45.6 Å². The largest absolute Gasteiger partial charge is 0.354 e. The normalized spacial score (nSPS) is 11.9. The summed E-state index contributed by atoms with van der Waals surface area (Å²) in [4.78, 5) is 28.7. The van der Waals surface area contributed by atoms with Gasteiger partial charge in [0.05, 0.1) is 0 Å². The van der Waals surface area contributed by atoms with Crippen molar-refractivity contribution in [1.82, 2.24) is 10.2 Å². The van der Waals surface area contributed by atoms with E-state index in [0.29, 0.717) is 36.7 Å². The second kappa shape index (κ2) is 13.5. The number of hydrogen-bond acceptors (Lipinski definition) is 3. The van der Waals surface area contributed by atoms with Gasteiger partial charge >= 0.3 is 0 Å². The number of hydrogen-bond donors (Lipinski definition) is 1. The highest BCUT2D eigenvalue weighted by Crippen LogP contribution is 2.22. The molecular weight excluding hydrogens is 447 g/mol. The van der Waals surface area contributed by atoms with Crippen molar-refractivity contribution in [2.45, 2.75) is 57.5 Å². The third kappa shape index (κ3) is 8.83. The van der Waals surface area contributed by atoms with Gasteiger partial charge in [-0.25, -0.2) is 4.39 Å². The molecule has 0 saturated carbocycles. The second-order valence-corrected chi connectivity index (χ2v) is 9.72. The van der Waals surface area contributed by atoms with E-state index in [1.165, 1.54) is 12.1 Å². The topological polar surface area (TPSA) is 49.4 Å². The average molecular weight is 479 g/mol. The molecule has 0 unspecified atom stereocenters. The van der Waals surface area contributed by atoms with Crippen LogP contribution in [0, 0.1) is 11.7 Å². The van der Waals surface area contributed by atoms with Gasteiger partial charge in [-0.15, -0.1) is 11.8 Å². The van der Waals surface area contributed by atoms with Crippen LogP contribution in [0.5, 0.6) is 0 Å². The summed E-state index contributed by atoms with van der Waals surface area (Å²) in [6.07, 6.45) is 1.54. The quantitative estimate of drug-likeness (QED) is 0.304. The fourth-order valence-corrected chi connectivity index (χ4v) is 4.20. The molecule has 0 aliphatic rings. The summed E-state index contributed by atoms with van der Waals surface area (Å²) in [5.74, 6) is 0.564. The average Bonchev–Trinajstić information content (AvgIpc) is 2.77. The van der Waals surface area contributed by atoms with Crippen molar-refractivity contribution in [3.63, 3.8) is 0 Å². The Bertz CT molecular complexity index is 859. The van der Waals surface area contributed by atoms with E-state index in [-0.39, 0.29) is 24.2 Å². The van der Waals surface area contributed by atoms with Crippen molar-refractivity contribution in [3.8, 4) is 0 Å². The van der Waals surface area contributed by atoms with E-state index in [0.717, 1.165) is 16.2 Å². The van der Waals surface area contributed by atoms with E-state index < -0.39 is 6.04 Å². The van der Waals surface area contributed by atoms with Gasteiger partial charge in [0, 0.05) is 29.4 Å². The van der Waals surface area contributed by atoms with Gasteiger partial charge < -0.3 is 10.2 Å². The maximum absolute atomic E-state index is 13.3. The highest BCUT2D eigenvalue weighted by molar-refractivity contribution is 7.99. The molecular formula is C25H32ClFN2O2S. The van der Waals surface area contributed by atoms with E-state index in [9.17, 15) is 14.0 Å².